The van der Waals surface area contributed by atoms with E-state index in [1.54, 1.807) is 6.07 Å². The number of amides is 2. The Balaban J connectivity index is 1.61. The van der Waals surface area contributed by atoms with Gasteiger partial charge in [0.2, 0.25) is 0 Å². The molecule has 0 radical (unpaired) electrons. The topological polar surface area (TPSA) is 65.7 Å². The molecule has 0 aliphatic carbocycles. The SMILES string of the molecule is O=C(NCc1ccoc1)N1CCC(O)(c2c(F)cccc2F)CC1. The van der Waals surface area contributed by atoms with Gasteiger partial charge in [-0.15, -0.1) is 0 Å². The molecule has 2 N–H and O–H groups in total. The second kappa shape index (κ2) is 6.60. The minimum atomic E-state index is -1.60. The molecular weight excluding hydrogens is 318 g/mol. The van der Waals surface area contributed by atoms with E-state index in [4.69, 9.17) is 4.42 Å². The van der Waals surface area contributed by atoms with E-state index in [0.717, 1.165) is 17.7 Å². The van der Waals surface area contributed by atoms with E-state index in [9.17, 15) is 18.7 Å². The molecule has 0 spiro atoms. The van der Waals surface area contributed by atoms with E-state index in [1.807, 2.05) is 0 Å². The predicted octanol–water partition coefficient (Wildman–Crippen LogP) is 2.75. The second-order valence-corrected chi connectivity index (χ2v) is 5.91. The molecule has 2 heterocycles. The van der Waals surface area contributed by atoms with Gasteiger partial charge in [0.25, 0.3) is 0 Å². The van der Waals surface area contributed by atoms with Crippen LogP contribution in [0.25, 0.3) is 0 Å². The Morgan fingerprint density at radius 1 is 1.25 bits per heavy atom. The van der Waals surface area contributed by atoms with Crippen LogP contribution in [0, 0.1) is 11.6 Å². The number of hydrogen-bond donors (Lipinski definition) is 2. The predicted molar refractivity (Wildman–Crippen MR) is 82.0 cm³/mol. The molecule has 24 heavy (non-hydrogen) atoms. The molecule has 5 nitrogen and oxygen atoms in total. The molecule has 0 bridgehead atoms. The molecule has 1 saturated heterocycles. The molecule has 0 atom stereocenters. The Labute approximate surface area is 137 Å². The van der Waals surface area contributed by atoms with Crippen LogP contribution in [-0.2, 0) is 12.1 Å². The normalized spacial score (nSPS) is 16.9. The van der Waals surface area contributed by atoms with Crippen LogP contribution in [0.2, 0.25) is 0 Å². The van der Waals surface area contributed by atoms with Gasteiger partial charge in [0.05, 0.1) is 23.7 Å². The number of carbonyl (C=O) groups excluding carboxylic acids is 1. The van der Waals surface area contributed by atoms with Crippen molar-refractivity contribution in [2.45, 2.75) is 25.0 Å². The number of urea groups is 1. The van der Waals surface area contributed by atoms with Gasteiger partial charge in [-0.3, -0.25) is 0 Å². The Morgan fingerprint density at radius 3 is 2.50 bits per heavy atom. The van der Waals surface area contributed by atoms with Crippen LogP contribution in [0.3, 0.4) is 0 Å². The Kier molecular flexibility index (Phi) is 4.53. The van der Waals surface area contributed by atoms with Gasteiger partial charge in [-0.2, -0.15) is 0 Å². The summed E-state index contributed by atoms with van der Waals surface area (Å²) in [5.41, 5.74) is -1.08. The monoisotopic (exact) mass is 336 g/mol. The summed E-state index contributed by atoms with van der Waals surface area (Å²) < 4.78 is 32.7. The minimum absolute atomic E-state index is 0.0734. The lowest BCUT2D eigenvalue weighted by Crippen LogP contribution is -2.49. The van der Waals surface area contributed by atoms with Crippen LogP contribution in [-0.4, -0.2) is 29.1 Å². The van der Waals surface area contributed by atoms with Crippen molar-refractivity contribution in [2.75, 3.05) is 13.1 Å². The highest BCUT2D eigenvalue weighted by molar-refractivity contribution is 5.74. The maximum absolute atomic E-state index is 13.9. The highest BCUT2D eigenvalue weighted by Crippen LogP contribution is 2.35. The number of carbonyl (C=O) groups is 1. The van der Waals surface area contributed by atoms with Gasteiger partial charge in [0, 0.05) is 25.2 Å². The summed E-state index contributed by atoms with van der Waals surface area (Å²) in [6.45, 7) is 0.751. The van der Waals surface area contributed by atoms with Gasteiger partial charge < -0.3 is 19.7 Å². The number of rotatable bonds is 3. The fourth-order valence-electron chi connectivity index (χ4n) is 2.95. The van der Waals surface area contributed by atoms with Crippen LogP contribution in [0.15, 0.2) is 41.2 Å². The van der Waals surface area contributed by atoms with Crippen molar-refractivity contribution in [2.24, 2.45) is 0 Å². The van der Waals surface area contributed by atoms with Crippen LogP contribution >= 0.6 is 0 Å². The van der Waals surface area contributed by atoms with E-state index in [1.165, 1.54) is 23.5 Å². The number of nitrogens with one attached hydrogen (secondary N) is 1. The molecule has 2 aromatic rings. The van der Waals surface area contributed by atoms with E-state index in [2.05, 4.69) is 5.32 Å². The minimum Gasteiger partial charge on any atom is -0.472 e. The second-order valence-electron chi connectivity index (χ2n) is 5.91. The van der Waals surface area contributed by atoms with Gasteiger partial charge in [-0.1, -0.05) is 6.07 Å². The number of halogens is 2. The van der Waals surface area contributed by atoms with Crippen LogP contribution in [0.1, 0.15) is 24.0 Å². The summed E-state index contributed by atoms with van der Waals surface area (Å²) in [4.78, 5) is 13.7. The van der Waals surface area contributed by atoms with E-state index in [-0.39, 0.29) is 37.5 Å². The van der Waals surface area contributed by atoms with E-state index >= 15 is 0 Å². The first-order chi connectivity index (χ1) is 11.5. The van der Waals surface area contributed by atoms with Gasteiger partial charge in [-0.05, 0) is 31.0 Å². The molecule has 1 aliphatic heterocycles. The summed E-state index contributed by atoms with van der Waals surface area (Å²) in [6.07, 6.45) is 3.20. The molecule has 0 unspecified atom stereocenters. The van der Waals surface area contributed by atoms with Crippen LogP contribution in [0.4, 0.5) is 13.6 Å². The van der Waals surface area contributed by atoms with Crippen LogP contribution in [0.5, 0.6) is 0 Å². The van der Waals surface area contributed by atoms with Gasteiger partial charge >= 0.3 is 6.03 Å². The molecule has 0 saturated carbocycles. The lowest BCUT2D eigenvalue weighted by atomic mass is 9.84. The third-order valence-corrected chi connectivity index (χ3v) is 4.33. The molecule has 128 valence electrons. The molecule has 1 fully saturated rings. The first kappa shape index (κ1) is 16.4. The zero-order valence-corrected chi connectivity index (χ0v) is 13.0. The first-order valence-electron chi connectivity index (χ1n) is 7.70. The lowest BCUT2D eigenvalue weighted by molar-refractivity contribution is -0.0223. The van der Waals surface area contributed by atoms with Crippen molar-refractivity contribution in [3.05, 3.63) is 59.6 Å². The maximum atomic E-state index is 13.9. The molecule has 1 aliphatic rings. The van der Waals surface area contributed by atoms with Crippen molar-refractivity contribution < 1.29 is 23.1 Å². The van der Waals surface area contributed by atoms with Crippen molar-refractivity contribution in [1.82, 2.24) is 10.2 Å². The first-order valence-corrected chi connectivity index (χ1v) is 7.70. The summed E-state index contributed by atoms with van der Waals surface area (Å²) in [6, 6.07) is 4.97. The Morgan fingerprint density at radius 2 is 1.92 bits per heavy atom. The lowest BCUT2D eigenvalue weighted by Gasteiger charge is -2.38. The number of nitrogens with zero attached hydrogens (tertiary/aromatic N) is 1. The van der Waals surface area contributed by atoms with E-state index < -0.39 is 17.2 Å². The number of furan rings is 1. The number of likely N-dealkylation sites (tertiary alicyclic amines) is 1. The average molecular weight is 336 g/mol. The molecule has 3 rings (SSSR count). The third kappa shape index (κ3) is 3.26. The molecule has 1 aromatic carbocycles. The van der Waals surface area contributed by atoms with Gasteiger partial charge in [0.1, 0.15) is 11.6 Å². The zero-order chi connectivity index (χ0) is 17.2. The Hall–Kier alpha value is -2.41. The van der Waals surface area contributed by atoms with Crippen molar-refractivity contribution >= 4 is 6.03 Å². The standard InChI is InChI=1S/C17H18F2N2O3/c18-13-2-1-3-14(19)15(13)17(23)5-7-21(8-6-17)16(22)20-10-12-4-9-24-11-12/h1-4,9,11,23H,5-8,10H2,(H,20,22). The van der Waals surface area contributed by atoms with E-state index in [0.29, 0.717) is 6.54 Å². The van der Waals surface area contributed by atoms with Gasteiger partial charge in [-0.25, -0.2) is 13.6 Å². The molecule has 2 amide bonds. The molecule has 1 aromatic heterocycles. The van der Waals surface area contributed by atoms with Crippen molar-refractivity contribution in [1.29, 1.82) is 0 Å². The molecular formula is C17H18F2N2O3. The van der Waals surface area contributed by atoms with Gasteiger partial charge in [0.15, 0.2) is 0 Å². The average Bonchev–Trinajstić information content (AvgIpc) is 3.06. The highest BCUT2D eigenvalue weighted by Gasteiger charge is 2.39. The number of hydrogen-bond acceptors (Lipinski definition) is 3. The Bertz CT molecular complexity index is 690. The number of benzene rings is 1. The highest BCUT2D eigenvalue weighted by atomic mass is 19.1. The summed E-state index contributed by atoms with van der Waals surface area (Å²) >= 11 is 0. The van der Waals surface area contributed by atoms with Crippen molar-refractivity contribution in [3.63, 3.8) is 0 Å². The third-order valence-electron chi connectivity index (χ3n) is 4.33. The quantitative estimate of drug-likeness (QED) is 0.906. The fraction of sp³-hybridized carbons (Fsp3) is 0.353. The maximum Gasteiger partial charge on any atom is 0.317 e. The fourth-order valence-corrected chi connectivity index (χ4v) is 2.95. The zero-order valence-electron chi connectivity index (χ0n) is 13.0. The largest absolute Gasteiger partial charge is 0.472 e. The van der Waals surface area contributed by atoms with Crippen LogP contribution < -0.4 is 5.32 Å². The van der Waals surface area contributed by atoms with Crippen molar-refractivity contribution in [3.8, 4) is 0 Å². The number of piperidine rings is 1. The number of aliphatic hydroxyl groups is 1. The summed E-state index contributed by atoms with van der Waals surface area (Å²) in [7, 11) is 0. The smallest absolute Gasteiger partial charge is 0.317 e. The summed E-state index contributed by atoms with van der Waals surface area (Å²) in [5, 5.41) is 13.4. The summed E-state index contributed by atoms with van der Waals surface area (Å²) in [5.74, 6) is -1.54. The molecule has 7 heteroatoms.